The van der Waals surface area contributed by atoms with Crippen LogP contribution in [0, 0.1) is 0 Å². The Labute approximate surface area is 180 Å². The molecule has 0 bridgehead atoms. The Hall–Kier alpha value is -1.80. The SMILES string of the molecule is O=C(CCc1ccsc1)NCCN1C(=O)S/C(=C\c2cccc(Cl)c2Cl)C1=O. The summed E-state index contributed by atoms with van der Waals surface area (Å²) >= 11 is 14.6. The highest BCUT2D eigenvalue weighted by molar-refractivity contribution is 8.18. The first-order valence-corrected chi connectivity index (χ1v) is 10.9. The lowest BCUT2D eigenvalue weighted by atomic mass is 10.2. The minimum absolute atomic E-state index is 0.112. The smallest absolute Gasteiger partial charge is 0.293 e. The van der Waals surface area contributed by atoms with Gasteiger partial charge in [-0.25, -0.2) is 0 Å². The molecule has 0 atom stereocenters. The van der Waals surface area contributed by atoms with Crippen molar-refractivity contribution in [1.82, 2.24) is 10.2 Å². The van der Waals surface area contributed by atoms with Crippen molar-refractivity contribution in [3.63, 3.8) is 0 Å². The molecule has 1 aromatic carbocycles. The van der Waals surface area contributed by atoms with E-state index >= 15 is 0 Å². The zero-order valence-corrected chi connectivity index (χ0v) is 17.8. The van der Waals surface area contributed by atoms with E-state index < -0.39 is 5.91 Å². The van der Waals surface area contributed by atoms with Crippen molar-refractivity contribution in [2.75, 3.05) is 13.1 Å². The number of thiophene rings is 1. The first kappa shape index (κ1) is 20.9. The topological polar surface area (TPSA) is 66.5 Å². The van der Waals surface area contributed by atoms with Gasteiger partial charge in [-0.2, -0.15) is 11.3 Å². The number of carbonyl (C=O) groups excluding carboxylic acids is 3. The van der Waals surface area contributed by atoms with Crippen LogP contribution < -0.4 is 5.32 Å². The Balaban J connectivity index is 1.53. The largest absolute Gasteiger partial charge is 0.354 e. The van der Waals surface area contributed by atoms with Crippen LogP contribution in [-0.4, -0.2) is 35.0 Å². The normalized spacial score (nSPS) is 15.5. The number of halogens is 2. The summed E-state index contributed by atoms with van der Waals surface area (Å²) in [6.45, 7) is 0.335. The lowest BCUT2D eigenvalue weighted by molar-refractivity contribution is -0.124. The molecule has 2 heterocycles. The molecule has 3 amide bonds. The number of thioether (sulfide) groups is 1. The van der Waals surface area contributed by atoms with E-state index in [1.54, 1.807) is 35.6 Å². The number of amides is 3. The Morgan fingerprint density at radius 2 is 2.04 bits per heavy atom. The zero-order valence-electron chi connectivity index (χ0n) is 14.6. The van der Waals surface area contributed by atoms with Gasteiger partial charge in [0.1, 0.15) is 0 Å². The fraction of sp³-hybridized carbons (Fsp3) is 0.211. The molecule has 0 unspecified atom stereocenters. The van der Waals surface area contributed by atoms with Gasteiger partial charge in [0.05, 0.1) is 15.0 Å². The van der Waals surface area contributed by atoms with Gasteiger partial charge in [0.2, 0.25) is 5.91 Å². The minimum atomic E-state index is -0.404. The molecule has 1 aliphatic heterocycles. The highest BCUT2D eigenvalue weighted by Crippen LogP contribution is 2.34. The second-order valence-electron chi connectivity index (χ2n) is 5.96. The van der Waals surface area contributed by atoms with E-state index in [0.717, 1.165) is 22.2 Å². The van der Waals surface area contributed by atoms with Crippen molar-refractivity contribution >= 4 is 69.4 Å². The maximum absolute atomic E-state index is 12.5. The molecule has 0 aliphatic carbocycles. The monoisotopic (exact) mass is 454 g/mol. The summed E-state index contributed by atoms with van der Waals surface area (Å²) in [7, 11) is 0. The summed E-state index contributed by atoms with van der Waals surface area (Å²) in [6.07, 6.45) is 2.59. The van der Waals surface area contributed by atoms with Crippen molar-refractivity contribution in [3.8, 4) is 0 Å². The quantitative estimate of drug-likeness (QED) is 0.607. The summed E-state index contributed by atoms with van der Waals surface area (Å²) in [5.41, 5.74) is 1.69. The first-order chi connectivity index (χ1) is 13.5. The molecule has 2 aromatic rings. The number of nitrogens with zero attached hydrogens (tertiary/aromatic N) is 1. The Morgan fingerprint density at radius 3 is 2.79 bits per heavy atom. The number of benzene rings is 1. The summed E-state index contributed by atoms with van der Waals surface area (Å²) in [5, 5.41) is 7.05. The number of hydrogen-bond donors (Lipinski definition) is 1. The van der Waals surface area contributed by atoms with Gasteiger partial charge < -0.3 is 5.32 Å². The number of aryl methyl sites for hydroxylation is 1. The van der Waals surface area contributed by atoms with Gasteiger partial charge in [0, 0.05) is 19.5 Å². The van der Waals surface area contributed by atoms with Crippen LogP contribution in [0.3, 0.4) is 0 Å². The fourth-order valence-electron chi connectivity index (χ4n) is 2.55. The molecule has 146 valence electrons. The molecule has 1 N–H and O–H groups in total. The van der Waals surface area contributed by atoms with Gasteiger partial charge in [-0.3, -0.25) is 19.3 Å². The molecule has 5 nitrogen and oxygen atoms in total. The molecule has 3 rings (SSSR count). The summed E-state index contributed by atoms with van der Waals surface area (Å²) < 4.78 is 0. The predicted octanol–water partition coefficient (Wildman–Crippen LogP) is 4.84. The number of nitrogens with one attached hydrogen (secondary N) is 1. The van der Waals surface area contributed by atoms with Crippen LogP contribution in [0.1, 0.15) is 17.5 Å². The van der Waals surface area contributed by atoms with Gasteiger partial charge in [-0.05, 0) is 58.3 Å². The molecule has 1 saturated heterocycles. The average molecular weight is 455 g/mol. The van der Waals surface area contributed by atoms with Gasteiger partial charge >= 0.3 is 0 Å². The van der Waals surface area contributed by atoms with Crippen LogP contribution in [0.5, 0.6) is 0 Å². The van der Waals surface area contributed by atoms with E-state index in [4.69, 9.17) is 23.2 Å². The maximum atomic E-state index is 12.5. The molecule has 1 aromatic heterocycles. The molecule has 28 heavy (non-hydrogen) atoms. The average Bonchev–Trinajstić information content (AvgIpc) is 3.27. The molecule has 9 heteroatoms. The van der Waals surface area contributed by atoms with Crippen molar-refractivity contribution in [2.45, 2.75) is 12.8 Å². The maximum Gasteiger partial charge on any atom is 0.293 e. The molecule has 0 spiro atoms. The third kappa shape index (κ3) is 5.17. The standard InChI is InChI=1S/C19H16Cl2N2O3S2/c20-14-3-1-2-13(17(14)21)10-15-18(25)23(19(26)28-15)8-7-22-16(24)5-4-12-6-9-27-11-12/h1-3,6,9-11H,4-5,7-8H2,(H,22,24)/b15-10-. The minimum Gasteiger partial charge on any atom is -0.354 e. The summed E-state index contributed by atoms with van der Waals surface area (Å²) in [4.78, 5) is 38.0. The number of rotatable bonds is 7. The van der Waals surface area contributed by atoms with E-state index in [1.165, 1.54) is 0 Å². The first-order valence-electron chi connectivity index (χ1n) is 8.43. The van der Waals surface area contributed by atoms with Crippen LogP contribution in [-0.2, 0) is 16.0 Å². The molecular formula is C19H16Cl2N2O3S2. The fourth-order valence-corrected chi connectivity index (χ4v) is 4.48. The van der Waals surface area contributed by atoms with Gasteiger partial charge in [0.15, 0.2) is 0 Å². The molecule has 0 radical (unpaired) electrons. The second kappa shape index (κ2) is 9.60. The molecule has 1 aliphatic rings. The van der Waals surface area contributed by atoms with E-state index in [9.17, 15) is 14.4 Å². The predicted molar refractivity (Wildman–Crippen MR) is 115 cm³/mol. The van der Waals surface area contributed by atoms with E-state index in [-0.39, 0.29) is 29.1 Å². The van der Waals surface area contributed by atoms with Gasteiger partial charge in [0.25, 0.3) is 11.1 Å². The number of hydrogen-bond acceptors (Lipinski definition) is 5. The molecule has 0 saturated carbocycles. The van der Waals surface area contributed by atoms with Gasteiger partial charge in [-0.15, -0.1) is 0 Å². The Morgan fingerprint density at radius 1 is 1.21 bits per heavy atom. The van der Waals surface area contributed by atoms with Crippen LogP contribution >= 0.6 is 46.3 Å². The Bertz CT molecular complexity index is 929. The highest BCUT2D eigenvalue weighted by atomic mass is 35.5. The van der Waals surface area contributed by atoms with Crippen LogP contribution in [0.2, 0.25) is 10.0 Å². The van der Waals surface area contributed by atoms with Crippen molar-refractivity contribution in [2.24, 2.45) is 0 Å². The van der Waals surface area contributed by atoms with Crippen LogP contribution in [0.15, 0.2) is 39.9 Å². The van der Waals surface area contributed by atoms with Crippen LogP contribution in [0.25, 0.3) is 6.08 Å². The summed E-state index contributed by atoms with van der Waals surface area (Å²) in [6, 6.07) is 7.07. The lowest BCUT2D eigenvalue weighted by Crippen LogP contribution is -2.37. The van der Waals surface area contributed by atoms with E-state index in [1.807, 2.05) is 16.8 Å². The van der Waals surface area contributed by atoms with E-state index in [0.29, 0.717) is 28.5 Å². The number of carbonyl (C=O) groups is 3. The van der Waals surface area contributed by atoms with Crippen molar-refractivity contribution < 1.29 is 14.4 Å². The van der Waals surface area contributed by atoms with Crippen molar-refractivity contribution in [3.05, 3.63) is 61.1 Å². The molecular weight excluding hydrogens is 439 g/mol. The third-order valence-corrected chi connectivity index (χ3v) is 6.49. The van der Waals surface area contributed by atoms with Crippen LogP contribution in [0.4, 0.5) is 4.79 Å². The second-order valence-corrected chi connectivity index (χ2v) is 8.52. The van der Waals surface area contributed by atoms with E-state index in [2.05, 4.69) is 5.32 Å². The summed E-state index contributed by atoms with van der Waals surface area (Å²) in [5.74, 6) is -0.516. The Kier molecular flexibility index (Phi) is 7.18. The third-order valence-electron chi connectivity index (χ3n) is 4.02. The lowest BCUT2D eigenvalue weighted by Gasteiger charge is -2.13. The van der Waals surface area contributed by atoms with Crippen molar-refractivity contribution in [1.29, 1.82) is 0 Å². The van der Waals surface area contributed by atoms with Gasteiger partial charge in [-0.1, -0.05) is 35.3 Å². The zero-order chi connectivity index (χ0) is 20.1. The highest BCUT2D eigenvalue weighted by Gasteiger charge is 2.34. The number of imide groups is 1. The molecule has 1 fully saturated rings.